The average Bonchev–Trinajstić information content (AvgIpc) is 3.00. The Morgan fingerprint density at radius 3 is 1.48 bits per heavy atom. The summed E-state index contributed by atoms with van der Waals surface area (Å²) in [7, 11) is 9.26. The lowest BCUT2D eigenvalue weighted by molar-refractivity contribution is 0.0955. The third-order valence-corrected chi connectivity index (χ3v) is 5.97. The minimum atomic E-state index is -0.388. The molecule has 212 valence electrons. The maximum absolute atomic E-state index is 12.8. The molecule has 0 heterocycles. The van der Waals surface area contributed by atoms with Crippen molar-refractivity contribution >= 4 is 23.0 Å². The van der Waals surface area contributed by atoms with Gasteiger partial charge in [-0.1, -0.05) is 6.07 Å². The van der Waals surface area contributed by atoms with E-state index in [0.29, 0.717) is 62.7 Å². The quantitative estimate of drug-likeness (QED) is 0.245. The van der Waals surface area contributed by atoms with Crippen LogP contribution in [0.3, 0.4) is 0 Å². The Labute approximate surface area is 233 Å². The second-order valence-electron chi connectivity index (χ2n) is 8.36. The Bertz CT molecular complexity index is 1370. The Hall–Kier alpha value is -4.93. The van der Waals surface area contributed by atoms with Gasteiger partial charge in [0, 0.05) is 16.7 Å². The first-order valence-electron chi connectivity index (χ1n) is 12.2. The summed E-state index contributed by atoms with van der Waals surface area (Å²) in [6.45, 7) is 3.60. The number of hydrazone groups is 2. The molecule has 1 amide bonds. The van der Waals surface area contributed by atoms with Gasteiger partial charge in [-0.2, -0.15) is 10.2 Å². The van der Waals surface area contributed by atoms with Gasteiger partial charge < -0.3 is 28.4 Å². The Kier molecular flexibility index (Phi) is 10.2. The van der Waals surface area contributed by atoms with Crippen molar-refractivity contribution in [3.63, 3.8) is 0 Å². The highest BCUT2D eigenvalue weighted by atomic mass is 16.5. The van der Waals surface area contributed by atoms with Gasteiger partial charge in [0.2, 0.25) is 11.5 Å². The summed E-state index contributed by atoms with van der Waals surface area (Å²) in [5, 5.41) is 8.70. The van der Waals surface area contributed by atoms with E-state index >= 15 is 0 Å². The molecule has 0 saturated carbocycles. The van der Waals surface area contributed by atoms with Crippen molar-refractivity contribution < 1.29 is 33.2 Å². The molecule has 11 nitrogen and oxygen atoms in total. The number of rotatable bonds is 12. The van der Waals surface area contributed by atoms with Crippen molar-refractivity contribution in [2.45, 2.75) is 13.8 Å². The van der Waals surface area contributed by atoms with Crippen molar-refractivity contribution in [2.24, 2.45) is 10.2 Å². The van der Waals surface area contributed by atoms with E-state index in [1.807, 2.05) is 6.92 Å². The average molecular weight is 551 g/mol. The molecule has 0 atom stereocenters. The van der Waals surface area contributed by atoms with Crippen LogP contribution in [0.15, 0.2) is 58.7 Å². The number of amides is 1. The first-order chi connectivity index (χ1) is 19.3. The summed E-state index contributed by atoms with van der Waals surface area (Å²) in [5.74, 6) is 2.59. The molecule has 3 aromatic rings. The second-order valence-corrected chi connectivity index (χ2v) is 8.36. The number of nitrogens with one attached hydrogen (secondary N) is 2. The van der Waals surface area contributed by atoms with Gasteiger partial charge in [-0.3, -0.25) is 10.2 Å². The zero-order valence-electron chi connectivity index (χ0n) is 23.9. The molecule has 0 fully saturated rings. The van der Waals surface area contributed by atoms with Gasteiger partial charge in [-0.25, -0.2) is 5.43 Å². The van der Waals surface area contributed by atoms with Crippen LogP contribution in [-0.2, 0) is 0 Å². The molecule has 3 rings (SSSR count). The van der Waals surface area contributed by atoms with Crippen molar-refractivity contribution in [3.8, 4) is 34.5 Å². The van der Waals surface area contributed by atoms with E-state index in [1.54, 1.807) is 76.8 Å². The molecule has 0 aromatic heterocycles. The molecule has 2 N–H and O–H groups in total. The van der Waals surface area contributed by atoms with E-state index in [2.05, 4.69) is 21.1 Å². The summed E-state index contributed by atoms with van der Waals surface area (Å²) in [6, 6.07) is 14.0. The van der Waals surface area contributed by atoms with Gasteiger partial charge in [0.15, 0.2) is 23.0 Å². The lowest BCUT2D eigenvalue weighted by Crippen LogP contribution is -2.19. The Balaban J connectivity index is 1.76. The lowest BCUT2D eigenvalue weighted by atomic mass is 10.1. The smallest absolute Gasteiger partial charge is 0.271 e. The van der Waals surface area contributed by atoms with Gasteiger partial charge in [0.05, 0.1) is 59.8 Å². The fraction of sp³-hybridized carbons (Fsp3) is 0.276. The molecule has 0 unspecified atom stereocenters. The number of nitrogens with zero attached hydrogens (tertiary/aromatic N) is 2. The molecule has 0 radical (unpaired) electrons. The molecule has 3 aromatic carbocycles. The second kappa shape index (κ2) is 13.7. The molecule has 0 bridgehead atoms. The number of carbonyl (C=O) groups excluding carboxylic acids is 1. The monoisotopic (exact) mass is 550 g/mol. The highest BCUT2D eigenvalue weighted by Gasteiger charge is 2.16. The molecule has 11 heteroatoms. The fourth-order valence-electron chi connectivity index (χ4n) is 3.79. The van der Waals surface area contributed by atoms with Gasteiger partial charge >= 0.3 is 0 Å². The van der Waals surface area contributed by atoms with E-state index in [9.17, 15) is 4.79 Å². The van der Waals surface area contributed by atoms with Crippen LogP contribution >= 0.6 is 0 Å². The highest BCUT2D eigenvalue weighted by Crippen LogP contribution is 2.39. The van der Waals surface area contributed by atoms with E-state index in [0.717, 1.165) is 5.56 Å². The van der Waals surface area contributed by atoms with Crippen molar-refractivity contribution in [1.82, 2.24) is 5.43 Å². The van der Waals surface area contributed by atoms with Crippen LogP contribution in [-0.4, -0.2) is 60.0 Å². The largest absolute Gasteiger partial charge is 0.493 e. The minimum Gasteiger partial charge on any atom is -0.493 e. The van der Waals surface area contributed by atoms with E-state index in [4.69, 9.17) is 28.4 Å². The van der Waals surface area contributed by atoms with Crippen LogP contribution in [0, 0.1) is 0 Å². The molecule has 0 saturated heterocycles. The summed E-state index contributed by atoms with van der Waals surface area (Å²) in [5.41, 5.74) is 9.27. The Morgan fingerprint density at radius 1 is 0.600 bits per heavy atom. The van der Waals surface area contributed by atoms with Crippen molar-refractivity contribution in [2.75, 3.05) is 48.1 Å². The van der Waals surface area contributed by atoms with Gasteiger partial charge in [0.1, 0.15) is 0 Å². The van der Waals surface area contributed by atoms with E-state index < -0.39 is 0 Å². The first-order valence-corrected chi connectivity index (χ1v) is 12.2. The zero-order chi connectivity index (χ0) is 29.2. The molecule has 0 aliphatic heterocycles. The van der Waals surface area contributed by atoms with Crippen LogP contribution in [0.4, 0.5) is 5.69 Å². The van der Waals surface area contributed by atoms with E-state index in [-0.39, 0.29) is 5.91 Å². The first kappa shape index (κ1) is 29.6. The van der Waals surface area contributed by atoms with Crippen molar-refractivity contribution in [1.29, 1.82) is 0 Å². The predicted molar refractivity (Wildman–Crippen MR) is 154 cm³/mol. The molecule has 0 aliphatic rings. The number of hydrogen-bond donors (Lipinski definition) is 2. The summed E-state index contributed by atoms with van der Waals surface area (Å²) >= 11 is 0. The van der Waals surface area contributed by atoms with E-state index in [1.165, 1.54) is 21.3 Å². The summed E-state index contributed by atoms with van der Waals surface area (Å²) in [4.78, 5) is 12.8. The Morgan fingerprint density at radius 2 is 1.05 bits per heavy atom. The molecule has 0 spiro atoms. The van der Waals surface area contributed by atoms with Gasteiger partial charge in [-0.15, -0.1) is 0 Å². The topological polar surface area (TPSA) is 121 Å². The van der Waals surface area contributed by atoms with Crippen LogP contribution in [0.25, 0.3) is 0 Å². The van der Waals surface area contributed by atoms with Crippen LogP contribution < -0.4 is 39.3 Å². The number of hydrogen-bond acceptors (Lipinski definition) is 10. The lowest BCUT2D eigenvalue weighted by Gasteiger charge is -2.14. The molecular weight excluding hydrogens is 516 g/mol. The summed E-state index contributed by atoms with van der Waals surface area (Å²) < 4.78 is 32.4. The predicted octanol–water partition coefficient (Wildman–Crippen LogP) is 4.73. The fourth-order valence-corrected chi connectivity index (χ4v) is 3.79. The third kappa shape index (κ3) is 6.73. The third-order valence-electron chi connectivity index (χ3n) is 5.97. The number of ether oxygens (including phenoxy) is 6. The minimum absolute atomic E-state index is 0.388. The molecule has 0 aliphatic carbocycles. The SMILES string of the molecule is COc1cc(/C(C)=N\NC(=O)c2cccc(N/N=C(/C)c3cc(OC)c(OC)c(OC)c3)c2)cc(OC)c1OC. The number of methoxy groups -OCH3 is 6. The van der Waals surface area contributed by atoms with Gasteiger partial charge in [-0.05, 0) is 56.3 Å². The molecular formula is C29H34N4O7. The normalized spacial score (nSPS) is 11.4. The maximum Gasteiger partial charge on any atom is 0.271 e. The molecule has 40 heavy (non-hydrogen) atoms. The standard InChI is InChI=1S/C29H34N4O7/c1-17(20-13-23(35-3)27(39-7)24(14-20)36-4)30-32-22-11-9-10-19(12-22)29(34)33-31-18(2)21-15-25(37-5)28(40-8)26(16-21)38-6/h9-16,32H,1-8H3,(H,33,34)/b30-17-,31-18-. The van der Waals surface area contributed by atoms with Gasteiger partial charge in [0.25, 0.3) is 5.91 Å². The number of anilines is 1. The highest BCUT2D eigenvalue weighted by molar-refractivity contribution is 6.02. The number of benzene rings is 3. The number of carbonyl (C=O) groups is 1. The zero-order valence-corrected chi connectivity index (χ0v) is 23.9. The summed E-state index contributed by atoms with van der Waals surface area (Å²) in [6.07, 6.45) is 0. The van der Waals surface area contributed by atoms with Crippen molar-refractivity contribution in [3.05, 3.63) is 65.2 Å². The van der Waals surface area contributed by atoms with Crippen LogP contribution in [0.5, 0.6) is 34.5 Å². The van der Waals surface area contributed by atoms with Crippen LogP contribution in [0.1, 0.15) is 35.3 Å². The van der Waals surface area contributed by atoms with Crippen LogP contribution in [0.2, 0.25) is 0 Å². The maximum atomic E-state index is 12.8.